The first-order valence-corrected chi connectivity index (χ1v) is 3.83. The Bertz CT molecular complexity index is 404. The van der Waals surface area contributed by atoms with Gasteiger partial charge in [-0.2, -0.15) is 0 Å². The summed E-state index contributed by atoms with van der Waals surface area (Å²) in [6.07, 6.45) is 3.95. The predicted octanol–water partition coefficient (Wildman–Crippen LogP) is -0.154. The molecular formula is C8H11N4+. The maximum atomic E-state index is 5.45. The lowest BCUT2D eigenvalue weighted by Crippen LogP contribution is -2.25. The fourth-order valence-electron chi connectivity index (χ4n) is 1.21. The molecule has 0 radical (unpaired) electrons. The third-order valence-electron chi connectivity index (χ3n) is 1.80. The van der Waals surface area contributed by atoms with Gasteiger partial charge in [-0.05, 0) is 0 Å². The summed E-state index contributed by atoms with van der Waals surface area (Å²) in [5.74, 6) is 0.830. The summed E-state index contributed by atoms with van der Waals surface area (Å²) in [5.41, 5.74) is 7.45. The average Bonchev–Trinajstić information content (AvgIpc) is 2.46. The van der Waals surface area contributed by atoms with Gasteiger partial charge >= 0.3 is 0 Å². The summed E-state index contributed by atoms with van der Waals surface area (Å²) in [4.78, 5) is 7.41. The van der Waals surface area contributed by atoms with Gasteiger partial charge in [0.05, 0.1) is 6.54 Å². The SMILES string of the molecule is C[n+]1ccc2nc(CN)[nH]c2c1. The second-order valence-electron chi connectivity index (χ2n) is 2.80. The van der Waals surface area contributed by atoms with Crippen molar-refractivity contribution in [2.24, 2.45) is 12.8 Å². The number of aromatic amines is 1. The second kappa shape index (κ2) is 2.57. The molecule has 0 spiro atoms. The van der Waals surface area contributed by atoms with Gasteiger partial charge in [-0.15, -0.1) is 0 Å². The Balaban J connectivity index is 2.67. The summed E-state index contributed by atoms with van der Waals surface area (Å²) in [6, 6.07) is 1.96. The molecule has 0 aliphatic rings. The van der Waals surface area contributed by atoms with E-state index in [1.54, 1.807) is 0 Å². The number of rotatable bonds is 1. The monoisotopic (exact) mass is 163 g/mol. The highest BCUT2D eigenvalue weighted by molar-refractivity contribution is 5.72. The van der Waals surface area contributed by atoms with Crippen molar-refractivity contribution in [1.29, 1.82) is 0 Å². The van der Waals surface area contributed by atoms with Gasteiger partial charge in [0.25, 0.3) is 0 Å². The van der Waals surface area contributed by atoms with Gasteiger partial charge in [-0.25, -0.2) is 9.55 Å². The van der Waals surface area contributed by atoms with Crippen molar-refractivity contribution in [1.82, 2.24) is 9.97 Å². The molecule has 4 heteroatoms. The molecule has 4 nitrogen and oxygen atoms in total. The molecule has 0 saturated carbocycles. The molecular weight excluding hydrogens is 152 g/mol. The van der Waals surface area contributed by atoms with Gasteiger partial charge in [0, 0.05) is 6.07 Å². The number of nitrogens with two attached hydrogens (primary N) is 1. The number of aromatic nitrogens is 3. The van der Waals surface area contributed by atoms with Crippen LogP contribution in [-0.4, -0.2) is 9.97 Å². The molecule has 0 saturated heterocycles. The molecule has 2 heterocycles. The summed E-state index contributed by atoms with van der Waals surface area (Å²) in [7, 11) is 1.97. The van der Waals surface area contributed by atoms with E-state index in [-0.39, 0.29) is 0 Å². The topological polar surface area (TPSA) is 58.6 Å². The molecule has 2 rings (SSSR count). The van der Waals surface area contributed by atoms with E-state index < -0.39 is 0 Å². The van der Waals surface area contributed by atoms with Gasteiger partial charge in [-0.1, -0.05) is 0 Å². The molecule has 0 amide bonds. The first-order valence-electron chi connectivity index (χ1n) is 3.83. The third-order valence-corrected chi connectivity index (χ3v) is 1.80. The second-order valence-corrected chi connectivity index (χ2v) is 2.80. The van der Waals surface area contributed by atoms with Crippen LogP contribution in [0.15, 0.2) is 18.5 Å². The molecule has 2 aromatic heterocycles. The van der Waals surface area contributed by atoms with Crippen molar-refractivity contribution in [3.63, 3.8) is 0 Å². The first-order chi connectivity index (χ1) is 5.79. The number of imidazole rings is 1. The van der Waals surface area contributed by atoms with Gasteiger partial charge in [0.15, 0.2) is 12.4 Å². The van der Waals surface area contributed by atoms with Gasteiger partial charge in [0.2, 0.25) is 0 Å². The van der Waals surface area contributed by atoms with Crippen LogP contribution in [0.4, 0.5) is 0 Å². The maximum absolute atomic E-state index is 5.45. The van der Waals surface area contributed by atoms with Crippen LogP contribution in [0.3, 0.4) is 0 Å². The molecule has 62 valence electrons. The van der Waals surface area contributed by atoms with Crippen molar-refractivity contribution in [3.8, 4) is 0 Å². The highest BCUT2D eigenvalue weighted by Crippen LogP contribution is 2.06. The summed E-state index contributed by atoms with van der Waals surface area (Å²) < 4.78 is 1.97. The molecule has 0 fully saturated rings. The molecule has 0 aliphatic heterocycles. The van der Waals surface area contributed by atoms with Crippen LogP contribution in [0.2, 0.25) is 0 Å². The molecule has 0 aromatic carbocycles. The zero-order valence-corrected chi connectivity index (χ0v) is 6.91. The number of nitrogens with one attached hydrogen (secondary N) is 1. The lowest BCUT2D eigenvalue weighted by molar-refractivity contribution is -0.670. The number of hydrogen-bond donors (Lipinski definition) is 2. The maximum Gasteiger partial charge on any atom is 0.194 e. The van der Waals surface area contributed by atoms with Crippen LogP contribution >= 0.6 is 0 Å². The number of H-pyrrole nitrogens is 1. The number of hydrogen-bond acceptors (Lipinski definition) is 2. The summed E-state index contributed by atoms with van der Waals surface area (Å²) in [6.45, 7) is 0.457. The van der Waals surface area contributed by atoms with E-state index in [9.17, 15) is 0 Å². The Morgan fingerprint density at radius 3 is 3.25 bits per heavy atom. The van der Waals surface area contributed by atoms with Crippen LogP contribution in [0.1, 0.15) is 5.82 Å². The lowest BCUT2D eigenvalue weighted by Gasteiger charge is -1.84. The smallest absolute Gasteiger partial charge is 0.194 e. The zero-order chi connectivity index (χ0) is 8.55. The van der Waals surface area contributed by atoms with E-state index in [2.05, 4.69) is 9.97 Å². The van der Waals surface area contributed by atoms with Crippen molar-refractivity contribution in [2.75, 3.05) is 0 Å². The summed E-state index contributed by atoms with van der Waals surface area (Å²) >= 11 is 0. The standard InChI is InChI=1S/C8H10N4/c1-12-3-2-6-7(5-12)11-8(4-9)10-6/h2-3,5H,4,9H2,1H3/p+1. The largest absolute Gasteiger partial charge is 0.336 e. The summed E-state index contributed by atoms with van der Waals surface area (Å²) in [5, 5.41) is 0. The molecule has 2 aromatic rings. The minimum Gasteiger partial charge on any atom is -0.336 e. The molecule has 0 atom stereocenters. The normalized spacial score (nSPS) is 10.8. The Kier molecular flexibility index (Phi) is 1.55. The molecule has 12 heavy (non-hydrogen) atoms. The van der Waals surface area contributed by atoms with Crippen LogP contribution < -0.4 is 10.3 Å². The van der Waals surface area contributed by atoms with Crippen LogP contribution in [-0.2, 0) is 13.6 Å². The van der Waals surface area contributed by atoms with Crippen molar-refractivity contribution >= 4 is 11.0 Å². The minimum atomic E-state index is 0.457. The third kappa shape index (κ3) is 1.06. The first kappa shape index (κ1) is 7.24. The van der Waals surface area contributed by atoms with E-state index in [0.29, 0.717) is 6.54 Å². The fourth-order valence-corrected chi connectivity index (χ4v) is 1.21. The molecule has 0 bridgehead atoms. The van der Waals surface area contributed by atoms with Gasteiger partial charge in [0.1, 0.15) is 23.9 Å². The fraction of sp³-hybridized carbons (Fsp3) is 0.250. The molecule has 3 N–H and O–H groups in total. The predicted molar refractivity (Wildman–Crippen MR) is 45.2 cm³/mol. The van der Waals surface area contributed by atoms with Gasteiger partial charge in [-0.3, -0.25) is 0 Å². The Morgan fingerprint density at radius 2 is 2.50 bits per heavy atom. The van der Waals surface area contributed by atoms with Crippen molar-refractivity contribution < 1.29 is 4.57 Å². The molecule has 0 unspecified atom stereocenters. The Hall–Kier alpha value is -1.42. The molecule has 0 aliphatic carbocycles. The lowest BCUT2D eigenvalue weighted by atomic mass is 10.4. The van der Waals surface area contributed by atoms with Crippen molar-refractivity contribution in [2.45, 2.75) is 6.54 Å². The van der Waals surface area contributed by atoms with Gasteiger partial charge < -0.3 is 10.7 Å². The Morgan fingerprint density at radius 1 is 1.67 bits per heavy atom. The zero-order valence-electron chi connectivity index (χ0n) is 6.91. The Labute approximate surface area is 70.0 Å². The number of aryl methyl sites for hydroxylation is 1. The number of fused-ring (bicyclic) bond motifs is 1. The highest BCUT2D eigenvalue weighted by Gasteiger charge is 2.03. The highest BCUT2D eigenvalue weighted by atomic mass is 15.0. The number of pyridine rings is 1. The minimum absolute atomic E-state index is 0.457. The van der Waals surface area contributed by atoms with Crippen LogP contribution in [0, 0.1) is 0 Å². The van der Waals surface area contributed by atoms with Crippen LogP contribution in [0.5, 0.6) is 0 Å². The number of nitrogens with zero attached hydrogens (tertiary/aromatic N) is 2. The van der Waals surface area contributed by atoms with Crippen LogP contribution in [0.25, 0.3) is 11.0 Å². The quantitative estimate of drug-likeness (QED) is 0.574. The van der Waals surface area contributed by atoms with E-state index in [0.717, 1.165) is 16.9 Å². The van der Waals surface area contributed by atoms with E-state index in [4.69, 9.17) is 5.73 Å². The van der Waals surface area contributed by atoms with E-state index >= 15 is 0 Å². The van der Waals surface area contributed by atoms with E-state index in [1.165, 1.54) is 0 Å². The average molecular weight is 163 g/mol. The van der Waals surface area contributed by atoms with E-state index in [1.807, 2.05) is 30.1 Å². The van der Waals surface area contributed by atoms with Crippen molar-refractivity contribution in [3.05, 3.63) is 24.3 Å².